The van der Waals surface area contributed by atoms with Crippen LogP contribution in [0.3, 0.4) is 0 Å². The molecule has 6 rings (SSSR count). The highest BCUT2D eigenvalue weighted by molar-refractivity contribution is 5.86. The second-order valence-electron chi connectivity index (χ2n) is 16.9. The van der Waals surface area contributed by atoms with Gasteiger partial charge in [-0.15, -0.1) is 0 Å². The Bertz CT molecular complexity index is 2020. The number of benzene rings is 2. The van der Waals surface area contributed by atoms with Crippen molar-refractivity contribution in [2.24, 2.45) is 0 Å². The summed E-state index contributed by atoms with van der Waals surface area (Å²) in [6.07, 6.45) is 5.54. The second-order valence-corrected chi connectivity index (χ2v) is 16.9. The van der Waals surface area contributed by atoms with Gasteiger partial charge in [-0.05, 0) is 116 Å². The Hall–Kier alpha value is -6.10. The van der Waals surface area contributed by atoms with E-state index in [4.69, 9.17) is 9.47 Å². The van der Waals surface area contributed by atoms with Crippen LogP contribution in [0.25, 0.3) is 22.5 Å². The van der Waals surface area contributed by atoms with Crippen LogP contribution < -0.4 is 10.6 Å². The maximum atomic E-state index is 13.3. The zero-order valence-corrected chi connectivity index (χ0v) is 34.6. The van der Waals surface area contributed by atoms with Gasteiger partial charge in [-0.3, -0.25) is 9.59 Å². The molecule has 4 amide bonds. The smallest absolute Gasteiger partial charge is 0.408 e. The largest absolute Gasteiger partial charge is 0.444 e. The number of imidazole rings is 2. The molecule has 306 valence electrons. The topological polar surface area (TPSA) is 175 Å². The van der Waals surface area contributed by atoms with Gasteiger partial charge in [-0.1, -0.05) is 36.1 Å². The maximum absolute atomic E-state index is 13.3. The van der Waals surface area contributed by atoms with Gasteiger partial charge in [-0.25, -0.2) is 19.6 Å². The van der Waals surface area contributed by atoms with E-state index in [1.165, 1.54) is 0 Å². The minimum Gasteiger partial charge on any atom is -0.444 e. The van der Waals surface area contributed by atoms with Crippen LogP contribution in [0, 0.1) is 11.8 Å². The van der Waals surface area contributed by atoms with Gasteiger partial charge >= 0.3 is 12.2 Å². The van der Waals surface area contributed by atoms with Crippen molar-refractivity contribution in [2.45, 2.75) is 116 Å². The molecule has 0 saturated carbocycles. The van der Waals surface area contributed by atoms with Gasteiger partial charge in [0.25, 0.3) is 0 Å². The number of amides is 4. The molecule has 4 heterocycles. The van der Waals surface area contributed by atoms with Gasteiger partial charge in [-0.2, -0.15) is 0 Å². The molecule has 0 radical (unpaired) electrons. The maximum Gasteiger partial charge on any atom is 0.408 e. The SMILES string of the molecule is C[C@@H](NC(=O)OC(C)(C)C)C(=O)N1CCCC1c1ncc(-c2ccc(C#Cc3ccc(-c4cnc(C5CCCN5C(=O)[C@@H](C)NC(=O)OC(C)(C)C)[nH]4)cc3)cc2)[nH]1. The first kappa shape index (κ1) is 41.5. The molecule has 58 heavy (non-hydrogen) atoms. The number of nitrogens with zero attached hydrogens (tertiary/aromatic N) is 4. The standard InChI is InChI=1S/C44H54N8O6/c1-27(47-41(55)57-43(3,4)5)39(53)51-23-9-11-35(51)37-45-25-33(49-37)31-19-15-29(16-20-31)13-14-30-17-21-32(22-18-30)34-26-46-38(50-34)36-12-10-24-52(36)40(54)28(2)48-42(56)58-44(6,7)8/h15-22,25-28,35-36H,9-12,23-24H2,1-8H3,(H,45,49)(H,46,50)(H,47,55)(H,48,56)/t27-,28-,35?,36?/m1/s1. The number of aromatic nitrogens is 4. The van der Waals surface area contributed by atoms with Gasteiger partial charge < -0.3 is 39.9 Å². The summed E-state index contributed by atoms with van der Waals surface area (Å²) in [6.45, 7) is 15.2. The molecule has 4 aromatic rings. The first-order chi connectivity index (χ1) is 27.4. The van der Waals surface area contributed by atoms with E-state index in [1.54, 1.807) is 77.6 Å². The molecule has 0 bridgehead atoms. The van der Waals surface area contributed by atoms with Gasteiger partial charge in [0.05, 0.1) is 35.9 Å². The molecule has 2 aromatic carbocycles. The molecular formula is C44H54N8O6. The highest BCUT2D eigenvalue weighted by atomic mass is 16.6. The van der Waals surface area contributed by atoms with Crippen LogP contribution in [0.15, 0.2) is 60.9 Å². The van der Waals surface area contributed by atoms with E-state index in [0.717, 1.165) is 59.3 Å². The number of rotatable bonds is 8. The number of ether oxygens (including phenoxy) is 2. The number of aromatic amines is 2. The van der Waals surface area contributed by atoms with Crippen LogP contribution in [-0.4, -0.2) is 90.1 Å². The molecule has 14 nitrogen and oxygen atoms in total. The normalized spacial score (nSPS) is 17.9. The lowest BCUT2D eigenvalue weighted by Gasteiger charge is -2.27. The third kappa shape index (κ3) is 10.4. The van der Waals surface area contributed by atoms with Crippen LogP contribution >= 0.6 is 0 Å². The molecular weight excluding hydrogens is 737 g/mol. The molecule has 0 spiro atoms. The quantitative estimate of drug-likeness (QED) is 0.138. The summed E-state index contributed by atoms with van der Waals surface area (Å²) in [4.78, 5) is 70.7. The number of likely N-dealkylation sites (tertiary alicyclic amines) is 2. The lowest BCUT2D eigenvalue weighted by atomic mass is 10.1. The summed E-state index contributed by atoms with van der Waals surface area (Å²) >= 11 is 0. The Labute approximate surface area is 339 Å². The van der Waals surface area contributed by atoms with Crippen LogP contribution in [0.4, 0.5) is 9.59 Å². The van der Waals surface area contributed by atoms with E-state index in [-0.39, 0.29) is 23.9 Å². The summed E-state index contributed by atoms with van der Waals surface area (Å²) < 4.78 is 10.6. The van der Waals surface area contributed by atoms with Crippen molar-refractivity contribution >= 4 is 24.0 Å². The lowest BCUT2D eigenvalue weighted by molar-refractivity contribution is -0.134. The van der Waals surface area contributed by atoms with Crippen molar-refractivity contribution in [3.63, 3.8) is 0 Å². The molecule has 4 atom stereocenters. The van der Waals surface area contributed by atoms with E-state index in [9.17, 15) is 19.2 Å². The number of hydrogen-bond acceptors (Lipinski definition) is 8. The Balaban J connectivity index is 1.04. The minimum atomic E-state index is -0.734. The average Bonchev–Trinajstić information content (AvgIpc) is 3.99. The highest BCUT2D eigenvalue weighted by Gasteiger charge is 2.36. The van der Waals surface area contributed by atoms with E-state index < -0.39 is 35.5 Å². The zero-order valence-electron chi connectivity index (χ0n) is 34.6. The van der Waals surface area contributed by atoms with Crippen molar-refractivity contribution in [1.29, 1.82) is 0 Å². The lowest BCUT2D eigenvalue weighted by Crippen LogP contribution is -2.48. The Kier molecular flexibility index (Phi) is 12.3. The Morgan fingerprint density at radius 3 is 1.36 bits per heavy atom. The first-order valence-corrected chi connectivity index (χ1v) is 19.9. The van der Waals surface area contributed by atoms with E-state index in [1.807, 2.05) is 48.5 Å². The molecule has 2 aliphatic heterocycles. The Morgan fingerprint density at radius 1 is 0.655 bits per heavy atom. The Morgan fingerprint density at radius 2 is 1.02 bits per heavy atom. The van der Waals surface area contributed by atoms with Crippen LogP contribution in [0.1, 0.15) is 116 Å². The number of alkyl carbamates (subject to hydrolysis) is 2. The van der Waals surface area contributed by atoms with Crippen molar-refractivity contribution in [3.05, 3.63) is 83.7 Å². The summed E-state index contributed by atoms with van der Waals surface area (Å²) in [5.41, 5.74) is 3.97. The average molecular weight is 791 g/mol. The predicted octanol–water partition coefficient (Wildman–Crippen LogP) is 7.02. The summed E-state index contributed by atoms with van der Waals surface area (Å²) in [6, 6.07) is 13.9. The second kappa shape index (κ2) is 17.2. The fraction of sp³-hybridized carbons (Fsp3) is 0.455. The van der Waals surface area contributed by atoms with Crippen molar-refractivity contribution in [1.82, 2.24) is 40.4 Å². The summed E-state index contributed by atoms with van der Waals surface area (Å²) in [7, 11) is 0. The molecule has 2 fully saturated rings. The van der Waals surface area contributed by atoms with Crippen LogP contribution in [0.2, 0.25) is 0 Å². The minimum absolute atomic E-state index is 0.178. The number of carbonyl (C=O) groups excluding carboxylic acids is 4. The molecule has 2 aromatic heterocycles. The van der Waals surface area contributed by atoms with Gasteiger partial charge in [0.15, 0.2) is 0 Å². The van der Waals surface area contributed by atoms with E-state index >= 15 is 0 Å². The zero-order chi connectivity index (χ0) is 41.8. The third-order valence-electron chi connectivity index (χ3n) is 9.84. The highest BCUT2D eigenvalue weighted by Crippen LogP contribution is 2.33. The van der Waals surface area contributed by atoms with Gasteiger partial charge in [0, 0.05) is 24.2 Å². The number of H-pyrrole nitrogens is 2. The molecule has 0 aliphatic carbocycles. The van der Waals surface area contributed by atoms with Gasteiger partial charge in [0.2, 0.25) is 11.8 Å². The molecule has 14 heteroatoms. The molecule has 2 aliphatic rings. The van der Waals surface area contributed by atoms with Crippen molar-refractivity contribution < 1.29 is 28.7 Å². The van der Waals surface area contributed by atoms with E-state index in [0.29, 0.717) is 24.7 Å². The predicted molar refractivity (Wildman–Crippen MR) is 219 cm³/mol. The van der Waals surface area contributed by atoms with Crippen molar-refractivity contribution in [2.75, 3.05) is 13.1 Å². The monoisotopic (exact) mass is 790 g/mol. The summed E-state index contributed by atoms with van der Waals surface area (Å²) in [5, 5.41) is 5.31. The number of carbonyl (C=O) groups is 4. The number of hydrogen-bond donors (Lipinski definition) is 4. The van der Waals surface area contributed by atoms with Crippen LogP contribution in [0.5, 0.6) is 0 Å². The fourth-order valence-electron chi connectivity index (χ4n) is 7.14. The molecule has 2 saturated heterocycles. The fourth-order valence-corrected chi connectivity index (χ4v) is 7.14. The molecule has 2 unspecified atom stereocenters. The summed E-state index contributed by atoms with van der Waals surface area (Å²) in [5.74, 6) is 7.54. The van der Waals surface area contributed by atoms with Gasteiger partial charge in [0.1, 0.15) is 34.9 Å². The number of nitrogens with one attached hydrogen (secondary N) is 4. The third-order valence-corrected chi connectivity index (χ3v) is 9.84. The van der Waals surface area contributed by atoms with Crippen LogP contribution in [-0.2, 0) is 19.1 Å². The van der Waals surface area contributed by atoms with Crippen molar-refractivity contribution in [3.8, 4) is 34.4 Å². The molecule has 4 N–H and O–H groups in total. The van der Waals surface area contributed by atoms with E-state index in [2.05, 4.69) is 42.4 Å². The first-order valence-electron chi connectivity index (χ1n) is 19.9.